The van der Waals surface area contributed by atoms with E-state index in [1.807, 2.05) is 11.9 Å². The topological polar surface area (TPSA) is 46.6 Å². The highest BCUT2D eigenvalue weighted by Gasteiger charge is 2.32. The van der Waals surface area contributed by atoms with Crippen molar-refractivity contribution in [1.82, 2.24) is 0 Å². The van der Waals surface area contributed by atoms with Crippen LogP contribution in [0.25, 0.3) is 0 Å². The molecule has 96 valence electrons. The van der Waals surface area contributed by atoms with Crippen molar-refractivity contribution in [2.75, 3.05) is 19.1 Å². The average molecular weight is 239 g/mol. The average Bonchev–Trinajstić information content (AvgIpc) is 2.31. The molecule has 0 radical (unpaired) electrons. The lowest BCUT2D eigenvalue weighted by Crippen LogP contribution is -2.48. The fraction of sp³-hybridized carbons (Fsp3) is 0.692. The summed E-state index contributed by atoms with van der Waals surface area (Å²) in [6, 6.07) is 0. The molecule has 1 aromatic rings. The van der Waals surface area contributed by atoms with E-state index < -0.39 is 10.9 Å². The zero-order valence-corrected chi connectivity index (χ0v) is 11.3. The van der Waals surface area contributed by atoms with E-state index in [9.17, 15) is 9.59 Å². The molecule has 0 aliphatic rings. The van der Waals surface area contributed by atoms with E-state index in [1.165, 1.54) is 7.11 Å². The number of unbranched alkanes of at least 4 members (excludes halogenated alkanes) is 1. The molecule has 0 unspecified atom stereocenters. The van der Waals surface area contributed by atoms with Crippen LogP contribution in [0.4, 0.5) is 5.69 Å². The Bertz CT molecular complexity index is 455. The van der Waals surface area contributed by atoms with Crippen LogP contribution in [0.5, 0.6) is 5.75 Å². The molecule has 4 nitrogen and oxygen atoms in total. The molecule has 0 saturated heterocycles. The SMILES string of the molecule is CCCCC(C)(C)N(C)c1c(OC)c(=O)c1=O. The van der Waals surface area contributed by atoms with Gasteiger partial charge in [0, 0.05) is 12.6 Å². The van der Waals surface area contributed by atoms with Crippen molar-refractivity contribution in [3.8, 4) is 5.75 Å². The summed E-state index contributed by atoms with van der Waals surface area (Å²) in [6.45, 7) is 6.27. The molecule has 0 fully saturated rings. The van der Waals surface area contributed by atoms with Crippen LogP contribution in [0.1, 0.15) is 40.0 Å². The van der Waals surface area contributed by atoms with Crippen molar-refractivity contribution in [1.29, 1.82) is 0 Å². The third-order valence-corrected chi connectivity index (χ3v) is 3.43. The molecule has 4 heteroatoms. The first-order chi connectivity index (χ1) is 7.86. The minimum absolute atomic E-state index is 0.147. The molecule has 0 spiro atoms. The third-order valence-electron chi connectivity index (χ3n) is 3.43. The summed E-state index contributed by atoms with van der Waals surface area (Å²) in [7, 11) is 3.26. The van der Waals surface area contributed by atoms with Gasteiger partial charge in [-0.15, -0.1) is 0 Å². The first-order valence-electron chi connectivity index (χ1n) is 5.98. The van der Waals surface area contributed by atoms with E-state index in [1.54, 1.807) is 0 Å². The molecule has 0 N–H and O–H groups in total. The summed E-state index contributed by atoms with van der Waals surface area (Å²) in [5, 5.41) is 0. The highest BCUT2D eigenvalue weighted by Crippen LogP contribution is 2.30. The molecular weight excluding hydrogens is 218 g/mol. The minimum Gasteiger partial charge on any atom is -0.491 e. The molecule has 0 atom stereocenters. The quantitative estimate of drug-likeness (QED) is 0.709. The van der Waals surface area contributed by atoms with Gasteiger partial charge in [0.1, 0.15) is 5.69 Å². The zero-order valence-electron chi connectivity index (χ0n) is 11.3. The van der Waals surface area contributed by atoms with Crippen LogP contribution in [0.3, 0.4) is 0 Å². The Morgan fingerprint density at radius 1 is 1.24 bits per heavy atom. The highest BCUT2D eigenvalue weighted by molar-refractivity contribution is 5.64. The summed E-state index contributed by atoms with van der Waals surface area (Å²) in [5.41, 5.74) is -0.681. The van der Waals surface area contributed by atoms with E-state index in [0.717, 1.165) is 19.3 Å². The fourth-order valence-electron chi connectivity index (χ4n) is 1.93. The van der Waals surface area contributed by atoms with Crippen LogP contribution in [0.2, 0.25) is 0 Å². The van der Waals surface area contributed by atoms with Gasteiger partial charge < -0.3 is 9.64 Å². The van der Waals surface area contributed by atoms with Crippen LogP contribution >= 0.6 is 0 Å². The van der Waals surface area contributed by atoms with Gasteiger partial charge >= 0.3 is 0 Å². The zero-order chi connectivity index (χ0) is 13.2. The molecule has 0 amide bonds. The van der Waals surface area contributed by atoms with Crippen molar-refractivity contribution in [3.63, 3.8) is 0 Å². The van der Waals surface area contributed by atoms with Crippen LogP contribution in [0, 0.1) is 0 Å². The normalized spacial score (nSPS) is 11.8. The Hall–Kier alpha value is -1.32. The maximum Gasteiger partial charge on any atom is 0.272 e. The predicted molar refractivity (Wildman–Crippen MR) is 69.9 cm³/mol. The van der Waals surface area contributed by atoms with Gasteiger partial charge in [-0.1, -0.05) is 19.8 Å². The molecule has 0 heterocycles. The van der Waals surface area contributed by atoms with E-state index in [4.69, 9.17) is 4.74 Å². The first-order valence-corrected chi connectivity index (χ1v) is 5.98. The van der Waals surface area contributed by atoms with Gasteiger partial charge in [0.15, 0.2) is 5.75 Å². The number of rotatable bonds is 6. The van der Waals surface area contributed by atoms with E-state index in [2.05, 4.69) is 20.8 Å². The Morgan fingerprint density at radius 2 is 1.82 bits per heavy atom. The maximum absolute atomic E-state index is 11.6. The summed E-state index contributed by atoms with van der Waals surface area (Å²) in [5.74, 6) is 0.196. The summed E-state index contributed by atoms with van der Waals surface area (Å²) in [6.07, 6.45) is 3.18. The Balaban J connectivity index is 2.96. The maximum atomic E-state index is 11.6. The smallest absolute Gasteiger partial charge is 0.272 e. The second kappa shape index (κ2) is 4.90. The number of ether oxygens (including phenoxy) is 1. The molecule has 17 heavy (non-hydrogen) atoms. The minimum atomic E-state index is -0.513. The second-order valence-electron chi connectivity index (χ2n) is 5.02. The Kier molecular flexibility index (Phi) is 3.96. The number of methoxy groups -OCH3 is 1. The van der Waals surface area contributed by atoms with Crippen LogP contribution in [-0.2, 0) is 0 Å². The molecule has 0 saturated carbocycles. The van der Waals surface area contributed by atoms with Crippen molar-refractivity contribution in [2.24, 2.45) is 0 Å². The standard InChI is InChI=1S/C13H21NO3/c1-6-7-8-13(2,3)14(4)9-10(15)11(16)12(9)17-5/h6-8H2,1-5H3. The molecule has 1 aromatic carbocycles. The van der Waals surface area contributed by atoms with Gasteiger partial charge in [-0.3, -0.25) is 9.59 Å². The molecule has 0 aromatic heterocycles. The summed E-state index contributed by atoms with van der Waals surface area (Å²) >= 11 is 0. The number of hydrogen-bond acceptors (Lipinski definition) is 4. The van der Waals surface area contributed by atoms with Crippen LogP contribution < -0.4 is 20.5 Å². The lowest BCUT2D eigenvalue weighted by Gasteiger charge is -2.38. The molecule has 0 bridgehead atoms. The van der Waals surface area contributed by atoms with Crippen molar-refractivity contribution < 1.29 is 4.74 Å². The van der Waals surface area contributed by atoms with Crippen molar-refractivity contribution in [3.05, 3.63) is 20.4 Å². The summed E-state index contributed by atoms with van der Waals surface area (Å²) in [4.78, 5) is 24.7. The first kappa shape index (κ1) is 13.7. The van der Waals surface area contributed by atoms with E-state index in [-0.39, 0.29) is 11.3 Å². The molecule has 1 rings (SSSR count). The Labute approximate surface area is 102 Å². The molecular formula is C13H21NO3. The Morgan fingerprint density at radius 3 is 2.29 bits per heavy atom. The van der Waals surface area contributed by atoms with Crippen molar-refractivity contribution in [2.45, 2.75) is 45.6 Å². The second-order valence-corrected chi connectivity index (χ2v) is 5.02. The number of anilines is 1. The third kappa shape index (κ3) is 2.35. The van der Waals surface area contributed by atoms with Gasteiger partial charge in [0.25, 0.3) is 10.9 Å². The highest BCUT2D eigenvalue weighted by atomic mass is 16.5. The van der Waals surface area contributed by atoms with Gasteiger partial charge in [0.2, 0.25) is 0 Å². The summed E-state index contributed by atoms with van der Waals surface area (Å²) < 4.78 is 4.97. The monoisotopic (exact) mass is 239 g/mol. The number of hydrogen-bond donors (Lipinski definition) is 0. The molecule has 0 aliphatic carbocycles. The largest absolute Gasteiger partial charge is 0.491 e. The van der Waals surface area contributed by atoms with Gasteiger partial charge in [-0.25, -0.2) is 0 Å². The lowest BCUT2D eigenvalue weighted by molar-refractivity contribution is 0.389. The molecule has 0 aliphatic heterocycles. The lowest BCUT2D eigenvalue weighted by atomic mass is 9.94. The predicted octanol–water partition coefficient (Wildman–Crippen LogP) is 1.70. The van der Waals surface area contributed by atoms with E-state index in [0.29, 0.717) is 5.69 Å². The number of nitrogens with zero attached hydrogens (tertiary/aromatic N) is 1. The fourth-order valence-corrected chi connectivity index (χ4v) is 1.93. The van der Waals surface area contributed by atoms with Gasteiger partial charge in [0.05, 0.1) is 7.11 Å². The van der Waals surface area contributed by atoms with Crippen molar-refractivity contribution >= 4 is 5.69 Å². The van der Waals surface area contributed by atoms with Crippen LogP contribution in [0.15, 0.2) is 9.59 Å². The van der Waals surface area contributed by atoms with Gasteiger partial charge in [-0.05, 0) is 20.3 Å². The van der Waals surface area contributed by atoms with Gasteiger partial charge in [-0.2, -0.15) is 0 Å². The van der Waals surface area contributed by atoms with Crippen LogP contribution in [-0.4, -0.2) is 19.7 Å². The van der Waals surface area contributed by atoms with E-state index >= 15 is 0 Å².